The molecular weight excluding hydrogens is 246 g/mol. The van der Waals surface area contributed by atoms with E-state index in [1.165, 1.54) is 0 Å². The van der Waals surface area contributed by atoms with Crippen molar-refractivity contribution in [2.75, 3.05) is 0 Å². The molecule has 18 heavy (non-hydrogen) atoms. The fourth-order valence-electron chi connectivity index (χ4n) is 1.81. The third kappa shape index (κ3) is 2.55. The standard InChI is InChI=1S/C14H14ClN3/c1-10(2)14-9-12(7-8-16)17-18(14)13-5-3-11(15)4-6-13/h3-6,9-10H,7H2,1-2H3. The third-order valence-corrected chi connectivity index (χ3v) is 2.96. The molecule has 1 aromatic heterocycles. The average molecular weight is 260 g/mol. The van der Waals surface area contributed by atoms with E-state index in [0.29, 0.717) is 17.4 Å². The molecule has 92 valence electrons. The number of nitriles is 1. The summed E-state index contributed by atoms with van der Waals surface area (Å²) in [5.41, 5.74) is 2.87. The molecule has 0 fully saturated rings. The largest absolute Gasteiger partial charge is 0.237 e. The normalized spacial score (nSPS) is 10.6. The van der Waals surface area contributed by atoms with Gasteiger partial charge in [-0.05, 0) is 36.2 Å². The van der Waals surface area contributed by atoms with Crippen LogP contribution in [0.4, 0.5) is 0 Å². The Balaban J connectivity index is 2.48. The molecule has 2 rings (SSSR count). The Hall–Kier alpha value is -1.79. The first-order chi connectivity index (χ1) is 8.61. The summed E-state index contributed by atoms with van der Waals surface area (Å²) in [4.78, 5) is 0. The van der Waals surface area contributed by atoms with Gasteiger partial charge in [0.1, 0.15) is 0 Å². The molecule has 3 nitrogen and oxygen atoms in total. The van der Waals surface area contributed by atoms with Crippen LogP contribution in [0.25, 0.3) is 5.69 Å². The minimum atomic E-state index is 0.334. The van der Waals surface area contributed by atoms with Crippen LogP contribution in [-0.2, 0) is 6.42 Å². The topological polar surface area (TPSA) is 41.6 Å². The molecule has 0 aliphatic carbocycles. The minimum Gasteiger partial charge on any atom is -0.237 e. The van der Waals surface area contributed by atoms with Gasteiger partial charge in [0.25, 0.3) is 0 Å². The predicted molar refractivity (Wildman–Crippen MR) is 72.0 cm³/mol. The van der Waals surface area contributed by atoms with E-state index in [4.69, 9.17) is 16.9 Å². The zero-order valence-electron chi connectivity index (χ0n) is 10.4. The van der Waals surface area contributed by atoms with Crippen molar-refractivity contribution in [1.29, 1.82) is 5.26 Å². The van der Waals surface area contributed by atoms with Crippen LogP contribution in [0.3, 0.4) is 0 Å². The number of benzene rings is 1. The van der Waals surface area contributed by atoms with Crippen molar-refractivity contribution in [2.24, 2.45) is 0 Å². The molecule has 0 aliphatic rings. The minimum absolute atomic E-state index is 0.334. The Labute approximate surface area is 112 Å². The molecule has 1 heterocycles. The SMILES string of the molecule is CC(C)c1cc(CC#N)nn1-c1ccc(Cl)cc1. The van der Waals surface area contributed by atoms with Gasteiger partial charge in [0, 0.05) is 10.7 Å². The smallest absolute Gasteiger partial charge is 0.0793 e. The highest BCUT2D eigenvalue weighted by atomic mass is 35.5. The van der Waals surface area contributed by atoms with E-state index in [-0.39, 0.29) is 0 Å². The van der Waals surface area contributed by atoms with Crippen molar-refractivity contribution in [2.45, 2.75) is 26.2 Å². The summed E-state index contributed by atoms with van der Waals surface area (Å²) in [5.74, 6) is 0.348. The molecule has 0 bridgehead atoms. The molecule has 0 saturated heterocycles. The summed E-state index contributed by atoms with van der Waals surface area (Å²) in [7, 11) is 0. The van der Waals surface area contributed by atoms with Crippen molar-refractivity contribution in [3.63, 3.8) is 0 Å². The molecule has 1 aromatic carbocycles. The fraction of sp³-hybridized carbons (Fsp3) is 0.286. The van der Waals surface area contributed by atoms with Gasteiger partial charge in [0.05, 0.1) is 23.9 Å². The Bertz CT molecular complexity index is 576. The number of halogens is 1. The van der Waals surface area contributed by atoms with Gasteiger partial charge < -0.3 is 0 Å². The third-order valence-electron chi connectivity index (χ3n) is 2.71. The first-order valence-corrected chi connectivity index (χ1v) is 6.21. The molecule has 0 radical (unpaired) electrons. The lowest BCUT2D eigenvalue weighted by Crippen LogP contribution is -2.03. The molecule has 0 amide bonds. The average Bonchev–Trinajstić information content (AvgIpc) is 2.75. The summed E-state index contributed by atoms with van der Waals surface area (Å²) in [6, 6.07) is 11.7. The maximum Gasteiger partial charge on any atom is 0.0793 e. The van der Waals surface area contributed by atoms with Crippen LogP contribution in [0.5, 0.6) is 0 Å². The highest BCUT2D eigenvalue weighted by molar-refractivity contribution is 6.30. The molecule has 0 unspecified atom stereocenters. The Morgan fingerprint density at radius 1 is 1.33 bits per heavy atom. The van der Waals surface area contributed by atoms with Crippen molar-refractivity contribution in [1.82, 2.24) is 9.78 Å². The van der Waals surface area contributed by atoms with E-state index in [2.05, 4.69) is 25.0 Å². The van der Waals surface area contributed by atoms with Crippen LogP contribution in [0, 0.1) is 11.3 Å². The van der Waals surface area contributed by atoms with Gasteiger partial charge in [0.2, 0.25) is 0 Å². The Kier molecular flexibility index (Phi) is 3.69. The molecule has 0 saturated carbocycles. The maximum atomic E-state index is 8.75. The summed E-state index contributed by atoms with van der Waals surface area (Å²) in [6.07, 6.45) is 0.334. The fourth-order valence-corrected chi connectivity index (χ4v) is 1.94. The van der Waals surface area contributed by atoms with E-state index < -0.39 is 0 Å². The van der Waals surface area contributed by atoms with Crippen LogP contribution in [0.15, 0.2) is 30.3 Å². The van der Waals surface area contributed by atoms with Crippen LogP contribution in [-0.4, -0.2) is 9.78 Å². The van der Waals surface area contributed by atoms with Gasteiger partial charge in [-0.1, -0.05) is 25.4 Å². The Morgan fingerprint density at radius 2 is 2.00 bits per heavy atom. The highest BCUT2D eigenvalue weighted by Gasteiger charge is 2.12. The zero-order valence-corrected chi connectivity index (χ0v) is 11.1. The van der Waals surface area contributed by atoms with Crippen LogP contribution in [0.2, 0.25) is 5.02 Å². The number of hydrogen-bond acceptors (Lipinski definition) is 2. The van der Waals surface area contributed by atoms with E-state index in [1.807, 2.05) is 35.0 Å². The second-order valence-corrected chi connectivity index (χ2v) is 4.87. The van der Waals surface area contributed by atoms with Gasteiger partial charge >= 0.3 is 0 Å². The molecule has 2 aromatic rings. The van der Waals surface area contributed by atoms with Gasteiger partial charge in [-0.2, -0.15) is 10.4 Å². The molecular formula is C14H14ClN3. The molecule has 0 spiro atoms. The number of nitrogens with zero attached hydrogens (tertiary/aromatic N) is 3. The highest BCUT2D eigenvalue weighted by Crippen LogP contribution is 2.21. The van der Waals surface area contributed by atoms with Crippen molar-refractivity contribution >= 4 is 11.6 Å². The molecule has 4 heteroatoms. The number of rotatable bonds is 3. The predicted octanol–water partition coefficient (Wildman–Crippen LogP) is 3.72. The quantitative estimate of drug-likeness (QED) is 0.843. The molecule has 0 aliphatic heterocycles. The first-order valence-electron chi connectivity index (χ1n) is 5.83. The molecule has 0 N–H and O–H groups in total. The van der Waals surface area contributed by atoms with E-state index in [1.54, 1.807) is 0 Å². The van der Waals surface area contributed by atoms with Gasteiger partial charge in [-0.3, -0.25) is 0 Å². The van der Waals surface area contributed by atoms with Crippen LogP contribution in [0.1, 0.15) is 31.2 Å². The van der Waals surface area contributed by atoms with Crippen LogP contribution >= 0.6 is 11.6 Å². The summed E-state index contributed by atoms with van der Waals surface area (Å²) >= 11 is 5.88. The van der Waals surface area contributed by atoms with E-state index >= 15 is 0 Å². The van der Waals surface area contributed by atoms with E-state index in [0.717, 1.165) is 17.1 Å². The van der Waals surface area contributed by atoms with E-state index in [9.17, 15) is 0 Å². The zero-order chi connectivity index (χ0) is 13.1. The first kappa shape index (κ1) is 12.7. The van der Waals surface area contributed by atoms with Crippen molar-refractivity contribution < 1.29 is 0 Å². The number of hydrogen-bond donors (Lipinski definition) is 0. The lowest BCUT2D eigenvalue weighted by atomic mass is 10.1. The summed E-state index contributed by atoms with van der Waals surface area (Å²) < 4.78 is 1.88. The Morgan fingerprint density at radius 3 is 2.56 bits per heavy atom. The second-order valence-electron chi connectivity index (χ2n) is 4.44. The lowest BCUT2D eigenvalue weighted by molar-refractivity contribution is 0.729. The van der Waals surface area contributed by atoms with Gasteiger partial charge in [0.15, 0.2) is 0 Å². The van der Waals surface area contributed by atoms with Gasteiger partial charge in [-0.15, -0.1) is 0 Å². The van der Waals surface area contributed by atoms with Crippen LogP contribution < -0.4 is 0 Å². The number of aromatic nitrogens is 2. The second kappa shape index (κ2) is 5.24. The summed E-state index contributed by atoms with van der Waals surface area (Å²) in [5, 5.41) is 13.9. The lowest BCUT2D eigenvalue weighted by Gasteiger charge is -2.09. The monoisotopic (exact) mass is 259 g/mol. The van der Waals surface area contributed by atoms with Crippen molar-refractivity contribution in [3.8, 4) is 11.8 Å². The molecule has 0 atom stereocenters. The van der Waals surface area contributed by atoms with Crippen molar-refractivity contribution in [3.05, 3.63) is 46.7 Å². The summed E-state index contributed by atoms with van der Waals surface area (Å²) in [6.45, 7) is 4.22. The maximum absolute atomic E-state index is 8.75. The van der Waals surface area contributed by atoms with Gasteiger partial charge in [-0.25, -0.2) is 4.68 Å².